The number of carbonyl (C=O) groups excluding carboxylic acids is 1. The highest BCUT2D eigenvalue weighted by Gasteiger charge is 2.18. The van der Waals surface area contributed by atoms with E-state index in [1.807, 2.05) is 57.2 Å². The van der Waals surface area contributed by atoms with Gasteiger partial charge in [0.2, 0.25) is 0 Å². The first-order valence-electron chi connectivity index (χ1n) is 6.30. The van der Waals surface area contributed by atoms with E-state index in [-0.39, 0.29) is 5.78 Å². The molecular formula is C17H18O2. The zero-order chi connectivity index (χ0) is 14.0. The lowest BCUT2D eigenvalue weighted by Crippen LogP contribution is -2.08. The predicted molar refractivity (Wildman–Crippen MR) is 77.1 cm³/mol. The number of rotatable bonds is 3. The van der Waals surface area contributed by atoms with Crippen molar-refractivity contribution in [3.8, 4) is 5.75 Å². The van der Waals surface area contributed by atoms with E-state index >= 15 is 0 Å². The highest BCUT2D eigenvalue weighted by atomic mass is 16.5. The van der Waals surface area contributed by atoms with Gasteiger partial charge in [-0.25, -0.2) is 0 Å². The highest BCUT2D eigenvalue weighted by molar-refractivity contribution is 6.11. The van der Waals surface area contributed by atoms with Crippen LogP contribution in [-0.2, 0) is 0 Å². The van der Waals surface area contributed by atoms with Gasteiger partial charge in [-0.2, -0.15) is 0 Å². The fourth-order valence-corrected chi connectivity index (χ4v) is 2.56. The summed E-state index contributed by atoms with van der Waals surface area (Å²) in [5.74, 6) is 0.846. The molecule has 0 atom stereocenters. The molecule has 0 aromatic heterocycles. The van der Waals surface area contributed by atoms with Crippen LogP contribution in [0.5, 0.6) is 5.75 Å². The summed E-state index contributed by atoms with van der Waals surface area (Å²) in [5, 5.41) is 0. The molecular weight excluding hydrogens is 236 g/mol. The lowest BCUT2D eigenvalue weighted by atomic mass is 9.92. The van der Waals surface area contributed by atoms with E-state index < -0.39 is 0 Å². The third-order valence-corrected chi connectivity index (χ3v) is 3.37. The van der Waals surface area contributed by atoms with Crippen LogP contribution in [0.1, 0.15) is 32.6 Å². The Bertz CT molecular complexity index is 613. The van der Waals surface area contributed by atoms with Gasteiger partial charge in [0.15, 0.2) is 5.78 Å². The molecule has 0 spiro atoms. The number of hydrogen-bond donors (Lipinski definition) is 0. The van der Waals surface area contributed by atoms with Crippen molar-refractivity contribution in [2.45, 2.75) is 20.8 Å². The van der Waals surface area contributed by atoms with Crippen LogP contribution >= 0.6 is 0 Å². The Hall–Kier alpha value is -2.09. The smallest absolute Gasteiger partial charge is 0.193 e. The number of methoxy groups -OCH3 is 1. The third-order valence-electron chi connectivity index (χ3n) is 3.37. The molecule has 0 aliphatic heterocycles. The number of carbonyl (C=O) groups is 1. The summed E-state index contributed by atoms with van der Waals surface area (Å²) in [5.41, 5.74) is 4.41. The average molecular weight is 254 g/mol. The molecule has 2 rings (SSSR count). The van der Waals surface area contributed by atoms with Crippen LogP contribution in [0.4, 0.5) is 0 Å². The zero-order valence-corrected chi connectivity index (χ0v) is 11.8. The Balaban J connectivity index is 2.60. The first-order valence-corrected chi connectivity index (χ1v) is 6.30. The summed E-state index contributed by atoms with van der Waals surface area (Å²) < 4.78 is 5.41. The van der Waals surface area contributed by atoms with Crippen molar-refractivity contribution in [3.05, 3.63) is 64.2 Å². The molecule has 0 N–H and O–H groups in total. The maximum absolute atomic E-state index is 12.6. The van der Waals surface area contributed by atoms with Gasteiger partial charge in [-0.15, -0.1) is 0 Å². The lowest BCUT2D eigenvalue weighted by molar-refractivity contribution is 0.103. The first kappa shape index (κ1) is 13.3. The highest BCUT2D eigenvalue weighted by Crippen LogP contribution is 2.30. The maximum Gasteiger partial charge on any atom is 0.193 e. The fourth-order valence-electron chi connectivity index (χ4n) is 2.56. The number of aryl methyl sites for hydroxylation is 2. The summed E-state index contributed by atoms with van der Waals surface area (Å²) in [6, 6.07) is 11.3. The van der Waals surface area contributed by atoms with E-state index in [9.17, 15) is 4.79 Å². The van der Waals surface area contributed by atoms with E-state index in [1.165, 1.54) is 0 Å². The number of ketones is 1. The minimum Gasteiger partial charge on any atom is -0.496 e. The van der Waals surface area contributed by atoms with E-state index in [1.54, 1.807) is 7.11 Å². The van der Waals surface area contributed by atoms with Gasteiger partial charge >= 0.3 is 0 Å². The van der Waals surface area contributed by atoms with Crippen LogP contribution in [0.25, 0.3) is 0 Å². The third kappa shape index (κ3) is 2.39. The van der Waals surface area contributed by atoms with Gasteiger partial charge in [0.1, 0.15) is 5.75 Å². The molecule has 0 bridgehead atoms. The van der Waals surface area contributed by atoms with Crippen LogP contribution in [0.2, 0.25) is 0 Å². The summed E-state index contributed by atoms with van der Waals surface area (Å²) >= 11 is 0. The maximum atomic E-state index is 12.6. The fraction of sp³-hybridized carbons (Fsp3) is 0.235. The Morgan fingerprint density at radius 2 is 1.63 bits per heavy atom. The number of benzene rings is 2. The summed E-state index contributed by atoms with van der Waals surface area (Å²) in [6.07, 6.45) is 0. The topological polar surface area (TPSA) is 26.3 Å². The largest absolute Gasteiger partial charge is 0.496 e. The molecule has 2 nitrogen and oxygen atoms in total. The van der Waals surface area contributed by atoms with Crippen LogP contribution in [0, 0.1) is 20.8 Å². The van der Waals surface area contributed by atoms with Gasteiger partial charge in [0, 0.05) is 16.7 Å². The van der Waals surface area contributed by atoms with Gasteiger partial charge in [0.05, 0.1) is 7.11 Å². The molecule has 0 aliphatic carbocycles. The minimum atomic E-state index is 0.0499. The van der Waals surface area contributed by atoms with Crippen molar-refractivity contribution in [2.24, 2.45) is 0 Å². The predicted octanol–water partition coefficient (Wildman–Crippen LogP) is 3.85. The van der Waals surface area contributed by atoms with Crippen LogP contribution in [-0.4, -0.2) is 12.9 Å². The molecule has 0 unspecified atom stereocenters. The van der Waals surface area contributed by atoms with Crippen molar-refractivity contribution in [2.75, 3.05) is 7.11 Å². The van der Waals surface area contributed by atoms with E-state index in [2.05, 4.69) is 0 Å². The normalized spacial score (nSPS) is 10.3. The van der Waals surface area contributed by atoms with Crippen LogP contribution in [0.15, 0.2) is 36.4 Å². The molecule has 0 fully saturated rings. The summed E-state index contributed by atoms with van der Waals surface area (Å²) in [4.78, 5) is 12.6. The van der Waals surface area contributed by atoms with E-state index in [0.29, 0.717) is 5.56 Å². The molecule has 0 aliphatic rings. The Morgan fingerprint density at radius 1 is 1.00 bits per heavy atom. The van der Waals surface area contributed by atoms with Crippen LogP contribution < -0.4 is 4.74 Å². The quantitative estimate of drug-likeness (QED) is 0.778. The molecule has 0 saturated heterocycles. The molecule has 2 aromatic rings. The molecule has 0 heterocycles. The Kier molecular flexibility index (Phi) is 3.70. The second-order valence-corrected chi connectivity index (χ2v) is 4.74. The number of hydrogen-bond acceptors (Lipinski definition) is 2. The van der Waals surface area contributed by atoms with Gasteiger partial charge in [-0.05, 0) is 31.9 Å². The molecule has 98 valence electrons. The molecule has 2 heteroatoms. The number of ether oxygens (including phenoxy) is 1. The van der Waals surface area contributed by atoms with Gasteiger partial charge in [0.25, 0.3) is 0 Å². The summed E-state index contributed by atoms with van der Waals surface area (Å²) in [7, 11) is 1.64. The summed E-state index contributed by atoms with van der Waals surface area (Å²) in [6.45, 7) is 5.90. The Labute approximate surface area is 114 Å². The monoisotopic (exact) mass is 254 g/mol. The molecule has 0 amide bonds. The average Bonchev–Trinajstić information content (AvgIpc) is 2.39. The van der Waals surface area contributed by atoms with Gasteiger partial charge in [-0.1, -0.05) is 36.4 Å². The van der Waals surface area contributed by atoms with Crippen molar-refractivity contribution >= 4 is 5.78 Å². The second-order valence-electron chi connectivity index (χ2n) is 4.74. The van der Waals surface area contributed by atoms with Gasteiger partial charge in [-0.3, -0.25) is 4.79 Å². The first-order chi connectivity index (χ1) is 9.06. The molecule has 2 aromatic carbocycles. The van der Waals surface area contributed by atoms with Crippen molar-refractivity contribution in [3.63, 3.8) is 0 Å². The molecule has 0 radical (unpaired) electrons. The van der Waals surface area contributed by atoms with Crippen molar-refractivity contribution < 1.29 is 9.53 Å². The SMILES string of the molecule is COc1c(C)cc(C)c(C(=O)c2ccccc2)c1C. The van der Waals surface area contributed by atoms with Crippen LogP contribution in [0.3, 0.4) is 0 Å². The van der Waals surface area contributed by atoms with E-state index in [4.69, 9.17) is 4.74 Å². The minimum absolute atomic E-state index is 0.0499. The second kappa shape index (κ2) is 5.27. The van der Waals surface area contributed by atoms with Crippen molar-refractivity contribution in [1.29, 1.82) is 0 Å². The molecule has 19 heavy (non-hydrogen) atoms. The van der Waals surface area contributed by atoms with E-state index in [0.717, 1.165) is 28.0 Å². The zero-order valence-electron chi connectivity index (χ0n) is 11.8. The standard InChI is InChI=1S/C17H18O2/c1-11-10-12(2)17(19-4)13(3)15(11)16(18)14-8-6-5-7-9-14/h5-10H,1-4H3. The Morgan fingerprint density at radius 3 is 2.21 bits per heavy atom. The van der Waals surface area contributed by atoms with Gasteiger partial charge < -0.3 is 4.74 Å². The molecule has 0 saturated carbocycles. The van der Waals surface area contributed by atoms with Crippen molar-refractivity contribution in [1.82, 2.24) is 0 Å². The lowest BCUT2D eigenvalue weighted by Gasteiger charge is -2.15.